The van der Waals surface area contributed by atoms with E-state index in [1.54, 1.807) is 8.61 Å². The largest absolute Gasteiger partial charge is 0.373 e. The summed E-state index contributed by atoms with van der Waals surface area (Å²) in [5.74, 6) is 0. The third-order valence-corrected chi connectivity index (χ3v) is 5.63. The fourth-order valence-electron chi connectivity index (χ4n) is 2.79. The quantitative estimate of drug-likeness (QED) is 0.806. The second-order valence-corrected chi connectivity index (χ2v) is 7.83. The van der Waals surface area contributed by atoms with E-state index >= 15 is 0 Å². The van der Waals surface area contributed by atoms with Gasteiger partial charge in [0, 0.05) is 26.2 Å². The van der Waals surface area contributed by atoms with Crippen molar-refractivity contribution in [3.05, 3.63) is 35.9 Å². The first-order valence-electron chi connectivity index (χ1n) is 7.88. The minimum Gasteiger partial charge on any atom is -0.373 e. The fraction of sp³-hybridized carbons (Fsp3) is 0.625. The molecule has 0 aliphatic carbocycles. The lowest BCUT2D eigenvalue weighted by atomic mass is 10.2. The number of nitrogens with zero attached hydrogens (tertiary/aromatic N) is 2. The van der Waals surface area contributed by atoms with Crippen LogP contribution < -0.4 is 0 Å². The summed E-state index contributed by atoms with van der Waals surface area (Å²) in [7, 11) is -3.46. The van der Waals surface area contributed by atoms with Gasteiger partial charge in [-0.1, -0.05) is 37.3 Å². The van der Waals surface area contributed by atoms with E-state index in [2.05, 4.69) is 0 Å². The fourth-order valence-corrected chi connectivity index (χ4v) is 4.64. The standard InChI is InChI=1S/C16H26N2O3S/c1-4-10-17(13-16-8-6-5-7-9-16)22(19,20)18-11-14(2)21-15(3)12-18/h5-9,14-15H,4,10-13H2,1-3H3. The van der Waals surface area contributed by atoms with Crippen LogP contribution in [0.2, 0.25) is 0 Å². The summed E-state index contributed by atoms with van der Waals surface area (Å²) in [5, 5.41) is 0. The van der Waals surface area contributed by atoms with E-state index in [0.717, 1.165) is 12.0 Å². The Morgan fingerprint density at radius 3 is 2.32 bits per heavy atom. The van der Waals surface area contributed by atoms with Gasteiger partial charge >= 0.3 is 0 Å². The Labute approximate surface area is 134 Å². The molecule has 0 N–H and O–H groups in total. The Hall–Kier alpha value is -0.950. The maximum Gasteiger partial charge on any atom is 0.282 e. The van der Waals surface area contributed by atoms with Gasteiger partial charge in [-0.2, -0.15) is 17.0 Å². The van der Waals surface area contributed by atoms with E-state index in [1.807, 2.05) is 51.1 Å². The lowest BCUT2D eigenvalue weighted by molar-refractivity contribution is -0.0455. The zero-order valence-corrected chi connectivity index (χ0v) is 14.4. The zero-order valence-electron chi connectivity index (χ0n) is 13.6. The number of benzene rings is 1. The number of hydrogen-bond donors (Lipinski definition) is 0. The highest BCUT2D eigenvalue weighted by molar-refractivity contribution is 7.86. The van der Waals surface area contributed by atoms with Gasteiger partial charge in [0.05, 0.1) is 12.2 Å². The molecule has 0 spiro atoms. The second kappa shape index (κ2) is 7.55. The molecule has 1 aliphatic heterocycles. The second-order valence-electron chi connectivity index (χ2n) is 5.90. The van der Waals surface area contributed by atoms with Crippen LogP contribution in [0.25, 0.3) is 0 Å². The molecule has 1 saturated heterocycles. The van der Waals surface area contributed by atoms with Crippen LogP contribution in [-0.2, 0) is 21.5 Å². The molecule has 1 aromatic carbocycles. The molecule has 6 heteroatoms. The van der Waals surface area contributed by atoms with E-state index in [9.17, 15) is 8.42 Å². The summed E-state index contributed by atoms with van der Waals surface area (Å²) in [6, 6.07) is 9.73. The van der Waals surface area contributed by atoms with Gasteiger partial charge in [0.15, 0.2) is 0 Å². The number of ether oxygens (including phenoxy) is 1. The Balaban J connectivity index is 2.18. The summed E-state index contributed by atoms with van der Waals surface area (Å²) < 4.78 is 34.7. The van der Waals surface area contributed by atoms with E-state index in [-0.39, 0.29) is 12.2 Å². The van der Waals surface area contributed by atoms with Crippen molar-refractivity contribution < 1.29 is 13.2 Å². The number of rotatable bonds is 6. The molecule has 0 radical (unpaired) electrons. The van der Waals surface area contributed by atoms with Crippen LogP contribution in [0.5, 0.6) is 0 Å². The molecular weight excluding hydrogens is 300 g/mol. The molecule has 0 saturated carbocycles. The Bertz CT molecular complexity index is 552. The van der Waals surface area contributed by atoms with Crippen LogP contribution in [0.4, 0.5) is 0 Å². The molecule has 0 amide bonds. The molecule has 5 nitrogen and oxygen atoms in total. The van der Waals surface area contributed by atoms with Crippen LogP contribution in [0.15, 0.2) is 30.3 Å². The summed E-state index contributed by atoms with van der Waals surface area (Å²) in [5.41, 5.74) is 1.01. The first kappa shape index (κ1) is 17.4. The molecule has 2 atom stereocenters. The maximum atomic E-state index is 13.0. The van der Waals surface area contributed by atoms with Gasteiger partial charge in [-0.25, -0.2) is 0 Å². The molecule has 1 heterocycles. The van der Waals surface area contributed by atoms with Gasteiger partial charge in [0.2, 0.25) is 0 Å². The molecule has 2 rings (SSSR count). The monoisotopic (exact) mass is 326 g/mol. The van der Waals surface area contributed by atoms with Gasteiger partial charge < -0.3 is 4.74 Å². The number of hydrogen-bond acceptors (Lipinski definition) is 3. The number of morpholine rings is 1. The lowest BCUT2D eigenvalue weighted by Crippen LogP contribution is -2.53. The van der Waals surface area contributed by atoms with E-state index < -0.39 is 10.2 Å². The van der Waals surface area contributed by atoms with Crippen molar-refractivity contribution in [2.45, 2.75) is 45.9 Å². The predicted molar refractivity (Wildman–Crippen MR) is 87.6 cm³/mol. The van der Waals surface area contributed by atoms with Crippen LogP contribution in [0.1, 0.15) is 32.8 Å². The lowest BCUT2D eigenvalue weighted by Gasteiger charge is -2.37. The van der Waals surface area contributed by atoms with Crippen molar-refractivity contribution in [1.29, 1.82) is 0 Å². The summed E-state index contributed by atoms with van der Waals surface area (Å²) in [6.45, 7) is 7.61. The van der Waals surface area contributed by atoms with E-state index in [1.165, 1.54) is 0 Å². The van der Waals surface area contributed by atoms with E-state index in [4.69, 9.17) is 4.74 Å². The van der Waals surface area contributed by atoms with Gasteiger partial charge in [-0.3, -0.25) is 0 Å². The minimum absolute atomic E-state index is 0.0706. The molecule has 22 heavy (non-hydrogen) atoms. The molecule has 2 unspecified atom stereocenters. The highest BCUT2D eigenvalue weighted by atomic mass is 32.2. The third kappa shape index (κ3) is 4.29. The van der Waals surface area contributed by atoms with Crippen molar-refractivity contribution in [2.24, 2.45) is 0 Å². The Morgan fingerprint density at radius 1 is 1.18 bits per heavy atom. The van der Waals surface area contributed by atoms with E-state index in [0.29, 0.717) is 26.2 Å². The van der Waals surface area contributed by atoms with Crippen LogP contribution in [-0.4, -0.2) is 48.9 Å². The molecule has 124 valence electrons. The Kier molecular flexibility index (Phi) is 5.97. The van der Waals surface area contributed by atoms with Crippen molar-refractivity contribution in [3.8, 4) is 0 Å². The van der Waals surface area contributed by atoms with Gasteiger partial charge in [-0.05, 0) is 25.8 Å². The van der Waals surface area contributed by atoms with Crippen molar-refractivity contribution >= 4 is 10.2 Å². The van der Waals surface area contributed by atoms with Gasteiger partial charge in [-0.15, -0.1) is 0 Å². The van der Waals surface area contributed by atoms with Gasteiger partial charge in [0.25, 0.3) is 10.2 Å². The average Bonchev–Trinajstić information content (AvgIpc) is 2.47. The molecule has 1 fully saturated rings. The van der Waals surface area contributed by atoms with Crippen molar-refractivity contribution in [2.75, 3.05) is 19.6 Å². The molecular formula is C16H26N2O3S. The van der Waals surface area contributed by atoms with Gasteiger partial charge in [0.1, 0.15) is 0 Å². The Morgan fingerprint density at radius 2 is 1.77 bits per heavy atom. The van der Waals surface area contributed by atoms with Crippen LogP contribution >= 0.6 is 0 Å². The molecule has 0 bridgehead atoms. The SMILES string of the molecule is CCCN(Cc1ccccc1)S(=O)(=O)N1CC(C)OC(C)C1. The first-order chi connectivity index (χ1) is 10.4. The molecule has 0 aromatic heterocycles. The van der Waals surface area contributed by atoms with Crippen LogP contribution in [0, 0.1) is 0 Å². The zero-order chi connectivity index (χ0) is 16.2. The smallest absolute Gasteiger partial charge is 0.282 e. The summed E-state index contributed by atoms with van der Waals surface area (Å²) in [6.07, 6.45) is 0.652. The molecule has 1 aromatic rings. The normalized spacial score (nSPS) is 23.8. The molecule has 1 aliphatic rings. The van der Waals surface area contributed by atoms with Crippen LogP contribution in [0.3, 0.4) is 0 Å². The maximum absolute atomic E-state index is 13.0. The summed E-state index contributed by atoms with van der Waals surface area (Å²) >= 11 is 0. The highest BCUT2D eigenvalue weighted by Gasteiger charge is 2.34. The summed E-state index contributed by atoms with van der Waals surface area (Å²) in [4.78, 5) is 0. The minimum atomic E-state index is -3.46. The first-order valence-corrected chi connectivity index (χ1v) is 9.27. The average molecular weight is 326 g/mol. The van der Waals surface area contributed by atoms with Crippen molar-refractivity contribution in [3.63, 3.8) is 0 Å². The topological polar surface area (TPSA) is 49.9 Å². The third-order valence-electron chi connectivity index (χ3n) is 3.71. The van der Waals surface area contributed by atoms with Crippen molar-refractivity contribution in [1.82, 2.24) is 8.61 Å². The highest BCUT2D eigenvalue weighted by Crippen LogP contribution is 2.19. The predicted octanol–water partition coefficient (Wildman–Crippen LogP) is 2.25.